The second-order valence-electron chi connectivity index (χ2n) is 15.8. The summed E-state index contributed by atoms with van der Waals surface area (Å²) in [6, 6.07) is 0. The molecule has 0 aromatic rings. The number of phosphoric ester groups is 1. The van der Waals surface area contributed by atoms with E-state index in [1.54, 1.807) is 0 Å². The number of carbonyl (C=O) groups excluding carboxylic acids is 2. The van der Waals surface area contributed by atoms with E-state index >= 15 is 0 Å². The zero-order valence-corrected chi connectivity index (χ0v) is 37.0. The Balaban J connectivity index is 4.23. The summed E-state index contributed by atoms with van der Waals surface area (Å²) in [6.45, 7) is 2.40. The largest absolute Gasteiger partial charge is 0.472 e. The molecule has 3 N–H and O–H groups in total. The molecule has 0 heterocycles. The maximum absolute atomic E-state index is 12.6. The molecule has 0 rings (SSSR count). The SMILES string of the molecule is CCCCCCCC/C=C/CCCCCCCC(=O)OC[C@H](COP(=O)(O)OC[C@@H](O)CO)OC(=O)CCCCCCCCCCCCCCCCCCCC. The average molecular weight is 819 g/mol. The van der Waals surface area contributed by atoms with Gasteiger partial charge in [-0.3, -0.25) is 18.6 Å². The number of esters is 2. The molecule has 0 fully saturated rings. The summed E-state index contributed by atoms with van der Waals surface area (Å²) in [7, 11) is -4.61. The molecule has 0 radical (unpaired) electrons. The van der Waals surface area contributed by atoms with Crippen LogP contribution >= 0.6 is 7.82 Å². The van der Waals surface area contributed by atoms with Crippen LogP contribution in [0.15, 0.2) is 12.2 Å². The van der Waals surface area contributed by atoms with Crippen molar-refractivity contribution in [3.63, 3.8) is 0 Å². The second-order valence-corrected chi connectivity index (χ2v) is 17.2. The van der Waals surface area contributed by atoms with Gasteiger partial charge in [0.15, 0.2) is 6.10 Å². The van der Waals surface area contributed by atoms with Gasteiger partial charge in [-0.05, 0) is 38.5 Å². The van der Waals surface area contributed by atoms with E-state index in [9.17, 15) is 24.2 Å². The fourth-order valence-electron chi connectivity index (χ4n) is 6.58. The van der Waals surface area contributed by atoms with Crippen LogP contribution in [0, 0.1) is 0 Å². The minimum Gasteiger partial charge on any atom is -0.462 e. The number of hydrogen-bond donors (Lipinski definition) is 3. The summed E-state index contributed by atoms with van der Waals surface area (Å²) in [5.74, 6) is -0.922. The number of phosphoric acid groups is 1. The number of carbonyl (C=O) groups is 2. The van der Waals surface area contributed by atoms with E-state index in [4.69, 9.17) is 23.6 Å². The molecule has 0 aliphatic carbocycles. The highest BCUT2D eigenvalue weighted by atomic mass is 31.2. The Bertz CT molecular complexity index is 946. The molecule has 56 heavy (non-hydrogen) atoms. The van der Waals surface area contributed by atoms with Crippen LogP contribution in [0.2, 0.25) is 0 Å². The third kappa shape index (κ3) is 40.9. The average Bonchev–Trinajstić information content (AvgIpc) is 3.19. The molecule has 0 saturated carbocycles. The predicted octanol–water partition coefficient (Wildman–Crippen LogP) is 12.4. The van der Waals surface area contributed by atoms with Crippen LogP contribution in [0.1, 0.15) is 226 Å². The Labute approximate surface area is 343 Å². The summed E-state index contributed by atoms with van der Waals surface area (Å²) in [5.41, 5.74) is 0. The number of aliphatic hydroxyl groups excluding tert-OH is 2. The van der Waals surface area contributed by atoms with E-state index in [0.717, 1.165) is 51.4 Å². The van der Waals surface area contributed by atoms with Crippen LogP contribution in [0.5, 0.6) is 0 Å². The van der Waals surface area contributed by atoms with Crippen LogP contribution in [-0.2, 0) is 32.7 Å². The van der Waals surface area contributed by atoms with E-state index in [-0.39, 0.29) is 19.4 Å². The number of hydrogen-bond acceptors (Lipinski definition) is 9. The van der Waals surface area contributed by atoms with Crippen molar-refractivity contribution in [3.8, 4) is 0 Å². The molecule has 0 amide bonds. The maximum Gasteiger partial charge on any atom is 0.472 e. The number of ether oxygens (including phenoxy) is 2. The maximum atomic E-state index is 12.6. The number of allylic oxidation sites excluding steroid dienone is 2. The Kier molecular flexibility index (Phi) is 40.9. The van der Waals surface area contributed by atoms with Crippen molar-refractivity contribution in [1.29, 1.82) is 0 Å². The quantitative estimate of drug-likeness (QED) is 0.0235. The first kappa shape index (κ1) is 54.7. The Morgan fingerprint density at radius 3 is 1.29 bits per heavy atom. The lowest BCUT2D eigenvalue weighted by atomic mass is 10.0. The molecule has 11 heteroatoms. The van der Waals surface area contributed by atoms with Gasteiger partial charge in [-0.25, -0.2) is 4.57 Å². The zero-order chi connectivity index (χ0) is 41.2. The molecular weight excluding hydrogens is 731 g/mol. The number of aliphatic hydroxyl groups is 2. The summed E-state index contributed by atoms with van der Waals surface area (Å²) >= 11 is 0. The van der Waals surface area contributed by atoms with Crippen molar-refractivity contribution < 1.29 is 47.8 Å². The van der Waals surface area contributed by atoms with Gasteiger partial charge in [-0.15, -0.1) is 0 Å². The van der Waals surface area contributed by atoms with Crippen LogP contribution in [-0.4, -0.2) is 65.7 Å². The minimum atomic E-state index is -4.61. The zero-order valence-electron chi connectivity index (χ0n) is 36.1. The molecule has 10 nitrogen and oxygen atoms in total. The van der Waals surface area contributed by atoms with Crippen LogP contribution in [0.3, 0.4) is 0 Å². The van der Waals surface area contributed by atoms with Gasteiger partial charge in [0.05, 0.1) is 19.8 Å². The van der Waals surface area contributed by atoms with E-state index in [2.05, 4.69) is 26.0 Å². The minimum absolute atomic E-state index is 0.189. The summed E-state index contributed by atoms with van der Waals surface area (Å²) in [4.78, 5) is 35.0. The van der Waals surface area contributed by atoms with Gasteiger partial charge in [-0.1, -0.05) is 187 Å². The first-order chi connectivity index (χ1) is 27.2. The standard InChI is InChI=1S/C45H87O10P/c1-3-5-7-9-11-13-15-17-19-20-21-23-25-27-29-31-33-35-37-45(49)55-43(41-54-56(50,51)53-39-42(47)38-46)40-52-44(48)36-34-32-30-28-26-24-22-18-16-14-12-10-8-6-4-2/h18,22,42-43,46-47H,3-17,19-21,23-41H2,1-2H3,(H,50,51)/b22-18+/t42-,43+/m0/s1. The fraction of sp³-hybridized carbons (Fsp3) is 0.911. The number of rotatable bonds is 44. The van der Waals surface area contributed by atoms with E-state index in [1.807, 2.05) is 0 Å². The molecule has 0 aromatic carbocycles. The molecule has 1 unspecified atom stereocenters. The summed E-state index contributed by atoms with van der Waals surface area (Å²) in [6.07, 6.45) is 40.3. The molecule has 0 aliphatic rings. The highest BCUT2D eigenvalue weighted by Gasteiger charge is 2.27. The van der Waals surface area contributed by atoms with E-state index in [1.165, 1.54) is 135 Å². The highest BCUT2D eigenvalue weighted by molar-refractivity contribution is 7.47. The lowest BCUT2D eigenvalue weighted by molar-refractivity contribution is -0.161. The van der Waals surface area contributed by atoms with E-state index in [0.29, 0.717) is 12.8 Å². The Morgan fingerprint density at radius 1 is 0.518 bits per heavy atom. The Morgan fingerprint density at radius 2 is 0.875 bits per heavy atom. The van der Waals surface area contributed by atoms with Gasteiger partial charge in [0.2, 0.25) is 0 Å². The first-order valence-electron chi connectivity index (χ1n) is 23.1. The molecular formula is C45H87O10P. The van der Waals surface area contributed by atoms with E-state index < -0.39 is 51.8 Å². The van der Waals surface area contributed by atoms with Crippen molar-refractivity contribution in [3.05, 3.63) is 12.2 Å². The smallest absolute Gasteiger partial charge is 0.462 e. The molecule has 0 aliphatic heterocycles. The van der Waals surface area contributed by atoms with Crippen LogP contribution < -0.4 is 0 Å². The lowest BCUT2D eigenvalue weighted by Gasteiger charge is -2.20. The van der Waals surface area contributed by atoms with Crippen LogP contribution in [0.25, 0.3) is 0 Å². The third-order valence-corrected chi connectivity index (χ3v) is 11.1. The number of unbranched alkanes of at least 4 members (excludes halogenated alkanes) is 28. The Hall–Kier alpha value is -1.29. The molecule has 332 valence electrons. The van der Waals surface area contributed by atoms with Crippen molar-refractivity contribution in [2.24, 2.45) is 0 Å². The topological polar surface area (TPSA) is 149 Å². The van der Waals surface area contributed by atoms with Crippen molar-refractivity contribution in [2.75, 3.05) is 26.4 Å². The van der Waals surface area contributed by atoms with Gasteiger partial charge in [0.25, 0.3) is 0 Å². The van der Waals surface area contributed by atoms with Gasteiger partial charge in [0, 0.05) is 12.8 Å². The normalized spacial score (nSPS) is 13.9. The molecule has 0 spiro atoms. The lowest BCUT2D eigenvalue weighted by Crippen LogP contribution is -2.29. The van der Waals surface area contributed by atoms with Crippen molar-refractivity contribution >= 4 is 19.8 Å². The summed E-state index contributed by atoms with van der Waals surface area (Å²) in [5, 5.41) is 18.3. The first-order valence-corrected chi connectivity index (χ1v) is 24.6. The van der Waals surface area contributed by atoms with Gasteiger partial charge in [-0.2, -0.15) is 0 Å². The molecule has 3 atom stereocenters. The molecule has 0 aromatic heterocycles. The second kappa shape index (κ2) is 41.9. The third-order valence-electron chi connectivity index (χ3n) is 10.2. The van der Waals surface area contributed by atoms with Gasteiger partial charge < -0.3 is 24.6 Å². The fourth-order valence-corrected chi connectivity index (χ4v) is 7.37. The van der Waals surface area contributed by atoms with Gasteiger partial charge >= 0.3 is 19.8 Å². The molecule has 0 bridgehead atoms. The highest BCUT2D eigenvalue weighted by Crippen LogP contribution is 2.43. The van der Waals surface area contributed by atoms with Crippen molar-refractivity contribution in [1.82, 2.24) is 0 Å². The molecule has 0 saturated heterocycles. The summed E-state index contributed by atoms with van der Waals surface area (Å²) < 4.78 is 32.8. The van der Waals surface area contributed by atoms with Crippen LogP contribution in [0.4, 0.5) is 0 Å². The van der Waals surface area contributed by atoms with Crippen molar-refractivity contribution in [2.45, 2.75) is 238 Å². The predicted molar refractivity (Wildman–Crippen MR) is 229 cm³/mol. The van der Waals surface area contributed by atoms with Gasteiger partial charge in [0.1, 0.15) is 12.7 Å². The monoisotopic (exact) mass is 819 g/mol.